The number of thioether (sulfide) groups is 1. The summed E-state index contributed by atoms with van der Waals surface area (Å²) in [5.74, 6) is -0.975. The summed E-state index contributed by atoms with van der Waals surface area (Å²) in [4.78, 5) is 25.1. The molecule has 0 aliphatic carbocycles. The molecule has 5 nitrogen and oxygen atoms in total. The number of carbonyl (C=O) groups is 2. The largest absolute Gasteiger partial charge is 0.449 e. The number of amides is 1. The van der Waals surface area contributed by atoms with Crippen LogP contribution in [0.4, 0.5) is 5.69 Å². The molecule has 24 heavy (non-hydrogen) atoms. The van der Waals surface area contributed by atoms with Crippen molar-refractivity contribution in [3.05, 3.63) is 59.7 Å². The molecule has 0 fully saturated rings. The average Bonchev–Trinajstić information content (AvgIpc) is 2.62. The summed E-state index contributed by atoms with van der Waals surface area (Å²) in [6, 6.07) is 15.5. The van der Waals surface area contributed by atoms with E-state index in [1.807, 2.05) is 24.5 Å². The average molecular weight is 340 g/mol. The van der Waals surface area contributed by atoms with Gasteiger partial charge in [0.1, 0.15) is 0 Å². The molecule has 6 heteroatoms. The van der Waals surface area contributed by atoms with Crippen molar-refractivity contribution in [1.82, 2.24) is 0 Å². The Balaban J connectivity index is 2.00. The van der Waals surface area contributed by atoms with Gasteiger partial charge in [-0.1, -0.05) is 12.1 Å². The second-order valence-electron chi connectivity index (χ2n) is 4.93. The Morgan fingerprint density at radius 2 is 1.83 bits per heavy atom. The first-order valence-corrected chi connectivity index (χ1v) is 8.42. The highest BCUT2D eigenvalue weighted by Gasteiger charge is 2.20. The first-order chi connectivity index (χ1) is 11.5. The molecule has 0 aliphatic rings. The van der Waals surface area contributed by atoms with Gasteiger partial charge >= 0.3 is 5.97 Å². The van der Waals surface area contributed by atoms with Crippen LogP contribution in [-0.4, -0.2) is 24.2 Å². The van der Waals surface area contributed by atoms with E-state index in [9.17, 15) is 9.59 Å². The number of hydrogen-bond acceptors (Lipinski definition) is 5. The van der Waals surface area contributed by atoms with Crippen molar-refractivity contribution < 1.29 is 14.3 Å². The van der Waals surface area contributed by atoms with Gasteiger partial charge in [-0.3, -0.25) is 4.79 Å². The van der Waals surface area contributed by atoms with Gasteiger partial charge in [-0.2, -0.15) is 5.26 Å². The molecule has 1 amide bonds. The van der Waals surface area contributed by atoms with E-state index < -0.39 is 18.0 Å². The minimum absolute atomic E-state index is 0.433. The summed E-state index contributed by atoms with van der Waals surface area (Å²) in [6.07, 6.45) is 0.927. The van der Waals surface area contributed by atoms with Crippen LogP contribution in [0.15, 0.2) is 53.4 Å². The Labute approximate surface area is 144 Å². The molecule has 0 saturated heterocycles. The Morgan fingerprint density at radius 1 is 1.17 bits per heavy atom. The highest BCUT2D eigenvalue weighted by molar-refractivity contribution is 7.98. The highest BCUT2D eigenvalue weighted by atomic mass is 32.2. The van der Waals surface area contributed by atoms with Crippen molar-refractivity contribution in [3.63, 3.8) is 0 Å². The third-order valence-electron chi connectivity index (χ3n) is 3.26. The van der Waals surface area contributed by atoms with Gasteiger partial charge in [0, 0.05) is 10.6 Å². The van der Waals surface area contributed by atoms with Gasteiger partial charge in [0.25, 0.3) is 5.91 Å². The van der Waals surface area contributed by atoms with E-state index in [0.29, 0.717) is 16.8 Å². The molecule has 2 aromatic rings. The number of esters is 1. The SMILES string of the molecule is CSc1ccccc1C(=O)O[C@H](C)C(=O)Nc1ccc(C#N)cc1. The third kappa shape index (κ3) is 4.37. The zero-order chi connectivity index (χ0) is 17.5. The fraction of sp³-hybridized carbons (Fsp3) is 0.167. The molecule has 0 aliphatic heterocycles. The molecule has 1 atom stereocenters. The molecular weight excluding hydrogens is 324 g/mol. The molecule has 0 aromatic heterocycles. The number of nitrogens with zero attached hydrogens (tertiary/aromatic N) is 1. The minimum atomic E-state index is -0.942. The Hall–Kier alpha value is -2.78. The normalized spacial score (nSPS) is 11.2. The second kappa shape index (κ2) is 8.18. The van der Waals surface area contributed by atoms with Crippen LogP contribution < -0.4 is 5.32 Å². The van der Waals surface area contributed by atoms with Crippen LogP contribution >= 0.6 is 11.8 Å². The lowest BCUT2D eigenvalue weighted by molar-refractivity contribution is -0.123. The maximum atomic E-state index is 12.2. The number of hydrogen-bond donors (Lipinski definition) is 1. The van der Waals surface area contributed by atoms with Crippen molar-refractivity contribution in [2.75, 3.05) is 11.6 Å². The summed E-state index contributed by atoms with van der Waals surface area (Å²) in [7, 11) is 0. The first kappa shape index (κ1) is 17.6. The maximum absolute atomic E-state index is 12.2. The molecule has 0 bridgehead atoms. The van der Waals surface area contributed by atoms with E-state index in [-0.39, 0.29) is 0 Å². The van der Waals surface area contributed by atoms with Gasteiger partial charge in [-0.25, -0.2) is 4.79 Å². The molecule has 0 unspecified atom stereocenters. The lowest BCUT2D eigenvalue weighted by atomic mass is 10.2. The van der Waals surface area contributed by atoms with Gasteiger partial charge in [0.05, 0.1) is 17.2 Å². The van der Waals surface area contributed by atoms with Crippen molar-refractivity contribution in [2.45, 2.75) is 17.9 Å². The number of nitrogens with one attached hydrogen (secondary N) is 1. The van der Waals surface area contributed by atoms with E-state index in [4.69, 9.17) is 10.00 Å². The monoisotopic (exact) mass is 340 g/mol. The number of anilines is 1. The van der Waals surface area contributed by atoms with Gasteiger partial charge in [-0.15, -0.1) is 11.8 Å². The molecule has 1 N–H and O–H groups in total. The summed E-state index contributed by atoms with van der Waals surface area (Å²) < 4.78 is 5.24. The first-order valence-electron chi connectivity index (χ1n) is 7.20. The van der Waals surface area contributed by atoms with Crippen LogP contribution in [0.5, 0.6) is 0 Å². The predicted molar refractivity (Wildman–Crippen MR) is 92.9 cm³/mol. The Morgan fingerprint density at radius 3 is 2.46 bits per heavy atom. The molecule has 122 valence electrons. The fourth-order valence-electron chi connectivity index (χ4n) is 1.96. The van der Waals surface area contributed by atoms with E-state index in [2.05, 4.69) is 5.32 Å². The lowest BCUT2D eigenvalue weighted by Gasteiger charge is -2.14. The Bertz CT molecular complexity index is 782. The minimum Gasteiger partial charge on any atom is -0.449 e. The fourth-order valence-corrected chi connectivity index (χ4v) is 2.55. The molecule has 2 rings (SSSR count). The van der Waals surface area contributed by atoms with Gasteiger partial charge < -0.3 is 10.1 Å². The maximum Gasteiger partial charge on any atom is 0.340 e. The summed E-state index contributed by atoms with van der Waals surface area (Å²) >= 11 is 1.44. The van der Waals surface area contributed by atoms with Crippen LogP contribution in [-0.2, 0) is 9.53 Å². The van der Waals surface area contributed by atoms with Crippen LogP contribution in [0.1, 0.15) is 22.8 Å². The van der Waals surface area contributed by atoms with Crippen molar-refractivity contribution in [1.29, 1.82) is 5.26 Å². The molecule has 0 spiro atoms. The van der Waals surface area contributed by atoms with E-state index in [1.54, 1.807) is 36.4 Å². The highest BCUT2D eigenvalue weighted by Crippen LogP contribution is 2.21. The van der Waals surface area contributed by atoms with Gasteiger partial charge in [-0.05, 0) is 49.6 Å². The number of benzene rings is 2. The van der Waals surface area contributed by atoms with Gasteiger partial charge in [0.2, 0.25) is 0 Å². The quantitative estimate of drug-likeness (QED) is 0.666. The van der Waals surface area contributed by atoms with E-state index in [0.717, 1.165) is 4.90 Å². The number of ether oxygens (including phenoxy) is 1. The van der Waals surface area contributed by atoms with E-state index >= 15 is 0 Å². The Kier molecular flexibility index (Phi) is 5.99. The zero-order valence-corrected chi connectivity index (χ0v) is 14.1. The summed E-state index contributed by atoms with van der Waals surface area (Å²) in [5.41, 5.74) is 1.47. The lowest BCUT2D eigenvalue weighted by Crippen LogP contribution is -2.30. The van der Waals surface area contributed by atoms with Crippen molar-refractivity contribution >= 4 is 29.3 Å². The zero-order valence-electron chi connectivity index (χ0n) is 13.3. The van der Waals surface area contributed by atoms with Crippen LogP contribution in [0.25, 0.3) is 0 Å². The second-order valence-corrected chi connectivity index (χ2v) is 5.77. The van der Waals surface area contributed by atoms with Crippen LogP contribution in [0, 0.1) is 11.3 Å². The number of carbonyl (C=O) groups excluding carboxylic acids is 2. The topological polar surface area (TPSA) is 79.2 Å². The van der Waals surface area contributed by atoms with E-state index in [1.165, 1.54) is 18.7 Å². The molecule has 2 aromatic carbocycles. The molecule has 0 heterocycles. The summed E-state index contributed by atoms with van der Waals surface area (Å²) in [6.45, 7) is 1.51. The standard InChI is InChI=1S/C18H16N2O3S/c1-12(17(21)20-14-9-7-13(11-19)8-10-14)23-18(22)15-5-3-4-6-16(15)24-2/h3-10,12H,1-2H3,(H,20,21)/t12-/m1/s1. The summed E-state index contributed by atoms with van der Waals surface area (Å²) in [5, 5.41) is 11.4. The predicted octanol–water partition coefficient (Wildman–Crippen LogP) is 3.46. The number of nitriles is 1. The van der Waals surface area contributed by atoms with Gasteiger partial charge in [0.15, 0.2) is 6.10 Å². The van der Waals surface area contributed by atoms with Crippen LogP contribution in [0.3, 0.4) is 0 Å². The number of rotatable bonds is 5. The molecule has 0 saturated carbocycles. The third-order valence-corrected chi connectivity index (χ3v) is 4.06. The van der Waals surface area contributed by atoms with Crippen LogP contribution in [0.2, 0.25) is 0 Å². The molecular formula is C18H16N2O3S. The van der Waals surface area contributed by atoms with Crippen molar-refractivity contribution in [3.8, 4) is 6.07 Å². The smallest absolute Gasteiger partial charge is 0.340 e. The molecule has 0 radical (unpaired) electrons. The van der Waals surface area contributed by atoms with Crippen molar-refractivity contribution in [2.24, 2.45) is 0 Å².